The van der Waals surface area contributed by atoms with Crippen LogP contribution in [0.3, 0.4) is 0 Å². The van der Waals surface area contributed by atoms with E-state index in [0.717, 1.165) is 20.1 Å². The van der Waals surface area contributed by atoms with E-state index in [1.54, 1.807) is 11.3 Å². The van der Waals surface area contributed by atoms with Gasteiger partial charge in [0.15, 0.2) is 0 Å². The predicted octanol–water partition coefficient (Wildman–Crippen LogP) is 3.77. The minimum absolute atomic E-state index is 0.0302. The lowest BCUT2D eigenvalue weighted by molar-refractivity contribution is 0.0920. The molecule has 1 aromatic carbocycles. The molecule has 6 heteroatoms. The summed E-state index contributed by atoms with van der Waals surface area (Å²) in [6.07, 6.45) is 0. The molecule has 0 aliphatic rings. The minimum atomic E-state index is -0.102. The molecule has 3 aromatic rings. The summed E-state index contributed by atoms with van der Waals surface area (Å²) in [5.41, 5.74) is 0.984. The van der Waals surface area contributed by atoms with Crippen molar-refractivity contribution in [3.63, 3.8) is 0 Å². The number of para-hydroxylation sites is 1. The lowest BCUT2D eigenvalue weighted by Crippen LogP contribution is -2.37. The van der Waals surface area contributed by atoms with Gasteiger partial charge in [0.1, 0.15) is 5.01 Å². The number of thiazole rings is 1. The van der Waals surface area contributed by atoms with Crippen molar-refractivity contribution in [2.24, 2.45) is 5.92 Å². The molecule has 0 fully saturated rings. The average molecular weight is 346 g/mol. The van der Waals surface area contributed by atoms with E-state index >= 15 is 0 Å². The van der Waals surface area contributed by atoms with E-state index in [0.29, 0.717) is 4.88 Å². The van der Waals surface area contributed by atoms with Gasteiger partial charge >= 0.3 is 0 Å². The van der Waals surface area contributed by atoms with Gasteiger partial charge in [0.25, 0.3) is 5.91 Å². The van der Waals surface area contributed by atoms with Crippen LogP contribution in [0.2, 0.25) is 0 Å². The third-order valence-corrected chi connectivity index (χ3v) is 6.12. The number of benzene rings is 1. The Balaban J connectivity index is 1.78. The summed E-state index contributed by atoms with van der Waals surface area (Å²) in [5, 5.41) is 13.0. The summed E-state index contributed by atoms with van der Waals surface area (Å²) < 4.78 is 1.15. The number of rotatable bonds is 5. The first kappa shape index (κ1) is 16.1. The quantitative estimate of drug-likeness (QED) is 0.739. The lowest BCUT2D eigenvalue weighted by atomic mass is 10.1. The largest absolute Gasteiger partial charge is 0.396 e. The predicted molar refractivity (Wildman–Crippen MR) is 96.1 cm³/mol. The second-order valence-corrected chi connectivity index (χ2v) is 7.69. The fraction of sp³-hybridized carbons (Fsp3) is 0.294. The van der Waals surface area contributed by atoms with Gasteiger partial charge in [0.2, 0.25) is 0 Å². The van der Waals surface area contributed by atoms with Crippen LogP contribution in [0.5, 0.6) is 0 Å². The maximum absolute atomic E-state index is 12.3. The first-order valence-corrected chi connectivity index (χ1v) is 9.09. The molecule has 0 radical (unpaired) electrons. The summed E-state index contributed by atoms with van der Waals surface area (Å²) in [6, 6.07) is 11.7. The molecule has 0 spiro atoms. The number of carbonyl (C=O) groups is 1. The van der Waals surface area contributed by atoms with E-state index in [1.807, 2.05) is 44.2 Å². The zero-order chi connectivity index (χ0) is 16.4. The highest BCUT2D eigenvalue weighted by atomic mass is 32.1. The number of aliphatic hydroxyl groups is 1. The summed E-state index contributed by atoms with van der Waals surface area (Å²) in [6.45, 7) is 3.87. The zero-order valence-corrected chi connectivity index (χ0v) is 14.6. The van der Waals surface area contributed by atoms with Crippen molar-refractivity contribution in [3.8, 4) is 9.88 Å². The molecule has 0 bridgehead atoms. The first-order chi connectivity index (χ1) is 11.1. The molecule has 2 atom stereocenters. The number of amides is 1. The van der Waals surface area contributed by atoms with Gasteiger partial charge < -0.3 is 10.4 Å². The Morgan fingerprint density at radius 3 is 2.74 bits per heavy atom. The maximum atomic E-state index is 12.3. The van der Waals surface area contributed by atoms with Gasteiger partial charge in [-0.3, -0.25) is 4.79 Å². The molecule has 2 heterocycles. The van der Waals surface area contributed by atoms with Crippen molar-refractivity contribution >= 4 is 38.8 Å². The molecule has 0 saturated heterocycles. The molecule has 0 saturated carbocycles. The molecule has 0 aliphatic heterocycles. The molecule has 0 aliphatic carbocycles. The monoisotopic (exact) mass is 346 g/mol. The van der Waals surface area contributed by atoms with Crippen LogP contribution in [0.1, 0.15) is 23.5 Å². The third kappa shape index (κ3) is 3.44. The number of hydrogen-bond acceptors (Lipinski definition) is 5. The van der Waals surface area contributed by atoms with Crippen molar-refractivity contribution in [1.29, 1.82) is 0 Å². The molecule has 120 valence electrons. The molecular weight excluding hydrogens is 328 g/mol. The maximum Gasteiger partial charge on any atom is 0.261 e. The summed E-state index contributed by atoms with van der Waals surface area (Å²) in [5.74, 6) is -0.0715. The number of carbonyl (C=O) groups excluding carboxylic acids is 1. The Kier molecular flexibility index (Phi) is 4.75. The number of nitrogens with zero attached hydrogens (tertiary/aromatic N) is 1. The highest BCUT2D eigenvalue weighted by Gasteiger charge is 2.17. The van der Waals surface area contributed by atoms with Crippen LogP contribution in [-0.4, -0.2) is 28.6 Å². The van der Waals surface area contributed by atoms with Crippen molar-refractivity contribution in [2.75, 3.05) is 6.61 Å². The van der Waals surface area contributed by atoms with E-state index < -0.39 is 0 Å². The molecule has 2 aromatic heterocycles. The highest BCUT2D eigenvalue weighted by molar-refractivity contribution is 7.26. The van der Waals surface area contributed by atoms with Gasteiger partial charge in [0.05, 0.1) is 20.0 Å². The average Bonchev–Trinajstić information content (AvgIpc) is 3.20. The highest BCUT2D eigenvalue weighted by Crippen LogP contribution is 2.34. The second-order valence-electron chi connectivity index (χ2n) is 5.57. The normalized spacial score (nSPS) is 13.9. The minimum Gasteiger partial charge on any atom is -0.396 e. The Bertz CT molecular complexity index is 792. The molecule has 2 unspecified atom stereocenters. The van der Waals surface area contributed by atoms with E-state index in [9.17, 15) is 4.79 Å². The summed E-state index contributed by atoms with van der Waals surface area (Å²) in [4.78, 5) is 18.6. The number of fused-ring (bicyclic) bond motifs is 1. The van der Waals surface area contributed by atoms with E-state index in [1.165, 1.54) is 11.3 Å². The van der Waals surface area contributed by atoms with Crippen LogP contribution in [0.4, 0.5) is 0 Å². The molecule has 3 rings (SSSR count). The SMILES string of the molecule is CC(CO)C(C)NC(=O)c1ccc(-c2nc3ccccc3s2)s1. The van der Waals surface area contributed by atoms with E-state index in [2.05, 4.69) is 16.4 Å². The standard InChI is InChI=1S/C17H18N2O2S2/c1-10(9-20)11(2)18-16(21)14-7-8-15(22-14)17-19-12-5-3-4-6-13(12)23-17/h3-8,10-11,20H,9H2,1-2H3,(H,18,21). The lowest BCUT2D eigenvalue weighted by Gasteiger charge is -2.18. The van der Waals surface area contributed by atoms with Crippen LogP contribution >= 0.6 is 22.7 Å². The van der Waals surface area contributed by atoms with Crippen LogP contribution < -0.4 is 5.32 Å². The molecular formula is C17H18N2O2S2. The number of hydrogen-bond donors (Lipinski definition) is 2. The summed E-state index contributed by atoms with van der Waals surface area (Å²) in [7, 11) is 0. The molecule has 2 N–H and O–H groups in total. The Hall–Kier alpha value is -1.76. The van der Waals surface area contributed by atoms with Gasteiger partial charge in [-0.2, -0.15) is 0 Å². The fourth-order valence-corrected chi connectivity index (χ4v) is 4.06. The van der Waals surface area contributed by atoms with E-state index in [4.69, 9.17) is 5.11 Å². The van der Waals surface area contributed by atoms with Crippen molar-refractivity contribution in [1.82, 2.24) is 10.3 Å². The van der Waals surface area contributed by atoms with Crippen LogP contribution in [-0.2, 0) is 0 Å². The Labute approximate surface area is 142 Å². The van der Waals surface area contributed by atoms with E-state index in [-0.39, 0.29) is 24.5 Å². The zero-order valence-electron chi connectivity index (χ0n) is 12.9. The fourth-order valence-electron chi connectivity index (χ4n) is 2.13. The number of aromatic nitrogens is 1. The Morgan fingerprint density at radius 2 is 2.00 bits per heavy atom. The van der Waals surface area contributed by atoms with Gasteiger partial charge in [-0.1, -0.05) is 19.1 Å². The molecule has 1 amide bonds. The van der Waals surface area contributed by atoms with Crippen molar-refractivity contribution in [2.45, 2.75) is 19.9 Å². The van der Waals surface area contributed by atoms with Crippen molar-refractivity contribution in [3.05, 3.63) is 41.3 Å². The first-order valence-electron chi connectivity index (χ1n) is 7.46. The third-order valence-electron chi connectivity index (χ3n) is 3.83. The van der Waals surface area contributed by atoms with Gasteiger partial charge in [0, 0.05) is 12.6 Å². The number of thiophene rings is 1. The van der Waals surface area contributed by atoms with Gasteiger partial charge in [-0.25, -0.2) is 4.98 Å². The molecule has 23 heavy (non-hydrogen) atoms. The Morgan fingerprint density at radius 1 is 1.22 bits per heavy atom. The van der Waals surface area contributed by atoms with Crippen LogP contribution in [0.15, 0.2) is 36.4 Å². The topological polar surface area (TPSA) is 62.2 Å². The molecule has 4 nitrogen and oxygen atoms in total. The number of aliphatic hydroxyl groups excluding tert-OH is 1. The summed E-state index contributed by atoms with van der Waals surface area (Å²) >= 11 is 3.08. The van der Waals surface area contributed by atoms with Gasteiger partial charge in [-0.15, -0.1) is 22.7 Å². The number of nitrogens with one attached hydrogen (secondary N) is 1. The smallest absolute Gasteiger partial charge is 0.261 e. The van der Waals surface area contributed by atoms with Gasteiger partial charge in [-0.05, 0) is 37.1 Å². The second kappa shape index (κ2) is 6.78. The van der Waals surface area contributed by atoms with Crippen molar-refractivity contribution < 1.29 is 9.90 Å². The van der Waals surface area contributed by atoms with Crippen LogP contribution in [0.25, 0.3) is 20.1 Å². The van der Waals surface area contributed by atoms with Crippen LogP contribution in [0, 0.1) is 5.92 Å².